The second-order valence-electron chi connectivity index (χ2n) is 8.29. The molecular weight excluding hydrogens is 429 g/mol. The smallest absolute Gasteiger partial charge is 0.410 e. The number of ether oxygens (including phenoxy) is 1. The molecule has 0 unspecified atom stereocenters. The fraction of sp³-hybridized carbons (Fsp3) is 0.550. The highest BCUT2D eigenvalue weighted by atomic mass is 32.2. The maximum atomic E-state index is 12.9. The Morgan fingerprint density at radius 2 is 1.58 bits per heavy atom. The van der Waals surface area contributed by atoms with Gasteiger partial charge in [0.25, 0.3) is 0 Å². The lowest BCUT2D eigenvalue weighted by Gasteiger charge is -2.26. The summed E-state index contributed by atoms with van der Waals surface area (Å²) in [6, 6.07) is 4.87. The Morgan fingerprint density at radius 3 is 2.19 bits per heavy atom. The van der Waals surface area contributed by atoms with E-state index in [4.69, 9.17) is 4.74 Å². The van der Waals surface area contributed by atoms with Gasteiger partial charge in [0.15, 0.2) is 9.84 Å². The predicted octanol–water partition coefficient (Wildman–Crippen LogP) is 1.65. The summed E-state index contributed by atoms with van der Waals surface area (Å²) in [5.41, 5.74) is -0.385. The molecule has 3 amide bonds. The van der Waals surface area contributed by atoms with Gasteiger partial charge in [-0.15, -0.1) is 0 Å². The minimum Gasteiger partial charge on any atom is -0.444 e. The summed E-state index contributed by atoms with van der Waals surface area (Å²) in [5, 5.41) is 2.36. The van der Waals surface area contributed by atoms with Crippen LogP contribution in [0.1, 0.15) is 27.2 Å². The van der Waals surface area contributed by atoms with Gasteiger partial charge >= 0.3 is 6.09 Å². The van der Waals surface area contributed by atoms with Crippen LogP contribution in [0.3, 0.4) is 0 Å². The molecule has 1 aliphatic rings. The number of rotatable bonds is 5. The Balaban J connectivity index is 1.87. The lowest BCUT2D eigenvalue weighted by molar-refractivity contribution is -0.128. The molecule has 0 radical (unpaired) electrons. The second kappa shape index (κ2) is 10.1. The molecule has 1 fully saturated rings. The monoisotopic (exact) mass is 457 g/mol. The van der Waals surface area contributed by atoms with Gasteiger partial charge in [0.05, 0.1) is 0 Å². The largest absolute Gasteiger partial charge is 0.444 e. The molecule has 1 aliphatic heterocycles. The first-order valence-electron chi connectivity index (χ1n) is 9.86. The van der Waals surface area contributed by atoms with Gasteiger partial charge in [0.2, 0.25) is 11.8 Å². The third-order valence-corrected chi connectivity index (χ3v) is 5.71. The van der Waals surface area contributed by atoms with E-state index in [9.17, 15) is 27.2 Å². The Kier molecular flexibility index (Phi) is 7.99. The number of hydrogen-bond acceptors (Lipinski definition) is 6. The maximum Gasteiger partial charge on any atom is 0.410 e. The molecule has 11 heteroatoms. The summed E-state index contributed by atoms with van der Waals surface area (Å²) in [6.07, 6.45) is 0.00249. The predicted molar refractivity (Wildman–Crippen MR) is 113 cm³/mol. The average molecular weight is 458 g/mol. The molecule has 1 N–H and O–H groups in total. The number of nitrogens with one attached hydrogen (secondary N) is 1. The summed E-state index contributed by atoms with van der Waals surface area (Å²) in [5.74, 6) is -3.60. The van der Waals surface area contributed by atoms with Crippen LogP contribution in [0.2, 0.25) is 0 Å². The summed E-state index contributed by atoms with van der Waals surface area (Å²) in [6.45, 7) is 6.38. The number of halogens is 1. The number of amides is 3. The van der Waals surface area contributed by atoms with Crippen LogP contribution in [0.15, 0.2) is 24.3 Å². The van der Waals surface area contributed by atoms with Crippen LogP contribution in [0, 0.1) is 5.82 Å². The third kappa shape index (κ3) is 8.52. The maximum absolute atomic E-state index is 12.9. The van der Waals surface area contributed by atoms with Gasteiger partial charge in [0, 0.05) is 31.9 Å². The van der Waals surface area contributed by atoms with Gasteiger partial charge in [-0.05, 0) is 51.5 Å². The van der Waals surface area contributed by atoms with Gasteiger partial charge in [0.1, 0.15) is 22.9 Å². The molecule has 0 aliphatic carbocycles. The van der Waals surface area contributed by atoms with E-state index in [1.54, 1.807) is 20.8 Å². The molecule has 1 aromatic carbocycles. The van der Waals surface area contributed by atoms with Crippen molar-refractivity contribution in [3.63, 3.8) is 0 Å². The first-order valence-corrected chi connectivity index (χ1v) is 11.7. The number of carbonyl (C=O) groups excluding carboxylic acids is 3. The Labute approximate surface area is 181 Å². The van der Waals surface area contributed by atoms with Gasteiger partial charge in [-0.3, -0.25) is 9.59 Å². The minimum absolute atomic E-state index is 0.176. The highest BCUT2D eigenvalue weighted by Gasteiger charge is 2.28. The number of nitrogens with zero attached hydrogens (tertiary/aromatic N) is 2. The van der Waals surface area contributed by atoms with Gasteiger partial charge in [-0.1, -0.05) is 0 Å². The molecule has 1 saturated heterocycles. The molecular formula is C20H28FN3O6S. The fourth-order valence-electron chi connectivity index (χ4n) is 2.94. The highest BCUT2D eigenvalue weighted by Crippen LogP contribution is 2.13. The first-order chi connectivity index (χ1) is 14.3. The number of anilines is 1. The van der Waals surface area contributed by atoms with E-state index in [-0.39, 0.29) is 18.8 Å². The zero-order valence-electron chi connectivity index (χ0n) is 17.9. The zero-order chi connectivity index (χ0) is 23.2. The molecule has 1 heterocycles. The van der Waals surface area contributed by atoms with E-state index in [1.807, 2.05) is 0 Å². The van der Waals surface area contributed by atoms with E-state index < -0.39 is 50.7 Å². The van der Waals surface area contributed by atoms with E-state index in [1.165, 1.54) is 21.9 Å². The second-order valence-corrected chi connectivity index (χ2v) is 10.4. The van der Waals surface area contributed by atoms with Crippen molar-refractivity contribution < 1.29 is 31.9 Å². The normalized spacial score (nSPS) is 15.2. The van der Waals surface area contributed by atoms with Crippen molar-refractivity contribution in [3.05, 3.63) is 30.1 Å². The van der Waals surface area contributed by atoms with E-state index >= 15 is 0 Å². The molecule has 0 atom stereocenters. The molecule has 0 aromatic heterocycles. The molecule has 0 bridgehead atoms. The summed E-state index contributed by atoms with van der Waals surface area (Å²) in [4.78, 5) is 39.5. The quantitative estimate of drug-likeness (QED) is 0.719. The molecule has 1 aromatic rings. The van der Waals surface area contributed by atoms with Crippen molar-refractivity contribution in [1.29, 1.82) is 0 Å². The van der Waals surface area contributed by atoms with Crippen LogP contribution in [-0.2, 0) is 24.2 Å². The van der Waals surface area contributed by atoms with Crippen molar-refractivity contribution >= 4 is 33.4 Å². The number of benzene rings is 1. The zero-order valence-corrected chi connectivity index (χ0v) is 18.7. The van der Waals surface area contributed by atoms with Crippen molar-refractivity contribution in [3.8, 4) is 0 Å². The van der Waals surface area contributed by atoms with Crippen LogP contribution in [0.5, 0.6) is 0 Å². The van der Waals surface area contributed by atoms with Crippen molar-refractivity contribution in [2.45, 2.75) is 32.8 Å². The lowest BCUT2D eigenvalue weighted by Crippen LogP contribution is -2.41. The Bertz CT molecular complexity index is 912. The topological polar surface area (TPSA) is 113 Å². The molecule has 31 heavy (non-hydrogen) atoms. The third-order valence-electron chi connectivity index (χ3n) is 4.32. The van der Waals surface area contributed by atoms with Gasteiger partial charge in [-0.2, -0.15) is 0 Å². The molecule has 0 spiro atoms. The van der Waals surface area contributed by atoms with Crippen LogP contribution in [-0.4, -0.2) is 79.4 Å². The lowest BCUT2D eigenvalue weighted by atomic mass is 10.2. The van der Waals surface area contributed by atoms with Crippen LogP contribution in [0.25, 0.3) is 0 Å². The Hall–Kier alpha value is -2.69. The van der Waals surface area contributed by atoms with Gasteiger partial charge in [-0.25, -0.2) is 17.6 Å². The summed E-state index contributed by atoms with van der Waals surface area (Å²) in [7, 11) is -4.01. The van der Waals surface area contributed by atoms with Crippen molar-refractivity contribution in [2.75, 3.05) is 43.0 Å². The fourth-order valence-corrected chi connectivity index (χ4v) is 4.07. The van der Waals surface area contributed by atoms with Gasteiger partial charge < -0.3 is 19.9 Å². The minimum atomic E-state index is -4.01. The standard InChI is InChI=1S/C20H28FN3O6S/c1-20(2,3)30-19(27)24-10-4-9-23(11-12-24)18(26)14-31(28,29)13-17(25)22-16-7-5-15(21)6-8-16/h5-8H,4,9-14H2,1-3H3,(H,22,25). The van der Waals surface area contributed by atoms with E-state index in [0.717, 1.165) is 12.1 Å². The van der Waals surface area contributed by atoms with E-state index in [2.05, 4.69) is 5.32 Å². The van der Waals surface area contributed by atoms with Crippen LogP contribution in [0.4, 0.5) is 14.9 Å². The number of carbonyl (C=O) groups is 3. The number of sulfone groups is 1. The van der Waals surface area contributed by atoms with Crippen molar-refractivity contribution in [2.24, 2.45) is 0 Å². The van der Waals surface area contributed by atoms with E-state index in [0.29, 0.717) is 19.5 Å². The van der Waals surface area contributed by atoms with Crippen LogP contribution >= 0.6 is 0 Å². The highest BCUT2D eigenvalue weighted by molar-refractivity contribution is 7.92. The molecule has 172 valence electrons. The Morgan fingerprint density at radius 1 is 1.00 bits per heavy atom. The average Bonchev–Trinajstić information content (AvgIpc) is 2.87. The number of hydrogen-bond donors (Lipinski definition) is 1. The summed E-state index contributed by atoms with van der Waals surface area (Å²) < 4.78 is 42.8. The summed E-state index contributed by atoms with van der Waals surface area (Å²) >= 11 is 0. The van der Waals surface area contributed by atoms with Crippen molar-refractivity contribution in [1.82, 2.24) is 9.80 Å². The van der Waals surface area contributed by atoms with Crippen LogP contribution < -0.4 is 5.32 Å². The first kappa shape index (κ1) is 24.6. The molecule has 0 saturated carbocycles. The SMILES string of the molecule is CC(C)(C)OC(=O)N1CCCN(C(=O)CS(=O)(=O)CC(=O)Nc2ccc(F)cc2)CC1. The molecule has 2 rings (SSSR count). The molecule has 9 nitrogen and oxygen atoms in total.